The zero-order chi connectivity index (χ0) is 14.4. The van der Waals surface area contributed by atoms with Crippen LogP contribution in [0.2, 0.25) is 0 Å². The highest BCUT2D eigenvalue weighted by molar-refractivity contribution is 6.06. The molecule has 0 bridgehead atoms. The van der Waals surface area contributed by atoms with E-state index in [1.54, 1.807) is 19.1 Å². The molecule has 0 aromatic carbocycles. The minimum Gasteiger partial charge on any atom is -0.478 e. The number of nitrogens with zero attached hydrogens (tertiary/aromatic N) is 1. The lowest BCUT2D eigenvalue weighted by atomic mass is 10.3. The van der Waals surface area contributed by atoms with E-state index < -0.39 is 17.9 Å². The maximum absolute atomic E-state index is 11.5. The molecule has 7 nitrogen and oxygen atoms in total. The highest BCUT2D eigenvalue weighted by Crippen LogP contribution is 2.11. The molecule has 0 saturated carbocycles. The molecule has 1 aromatic heterocycles. The van der Waals surface area contributed by atoms with Gasteiger partial charge in [0.25, 0.3) is 5.91 Å². The van der Waals surface area contributed by atoms with Crippen molar-refractivity contribution in [1.82, 2.24) is 10.3 Å². The van der Waals surface area contributed by atoms with Crippen LogP contribution in [0.15, 0.2) is 24.3 Å². The number of carbonyl (C=O) groups excluding carboxylic acids is 2. The number of pyridine rings is 1. The first-order chi connectivity index (χ1) is 8.88. The van der Waals surface area contributed by atoms with Gasteiger partial charge in [0.05, 0.1) is 11.4 Å². The van der Waals surface area contributed by atoms with Crippen LogP contribution in [0.4, 0.5) is 10.5 Å². The predicted octanol–water partition coefficient (Wildman–Crippen LogP) is 0.987. The molecule has 19 heavy (non-hydrogen) atoms. The van der Waals surface area contributed by atoms with Gasteiger partial charge in [-0.3, -0.25) is 15.1 Å². The number of amides is 3. The molecule has 3 amide bonds. The lowest BCUT2D eigenvalue weighted by Crippen LogP contribution is -2.33. The molecule has 0 aliphatic rings. The van der Waals surface area contributed by atoms with E-state index in [0.29, 0.717) is 17.5 Å². The number of carboxylic acids is 1. The summed E-state index contributed by atoms with van der Waals surface area (Å²) < 4.78 is 0. The summed E-state index contributed by atoms with van der Waals surface area (Å²) in [5.74, 6) is -2.09. The lowest BCUT2D eigenvalue weighted by Gasteiger charge is -2.08. The molecule has 1 aromatic rings. The van der Waals surface area contributed by atoms with Gasteiger partial charge in [-0.05, 0) is 26.0 Å². The quantitative estimate of drug-likeness (QED) is 0.704. The van der Waals surface area contributed by atoms with Crippen LogP contribution in [-0.4, -0.2) is 28.0 Å². The first-order valence-electron chi connectivity index (χ1n) is 5.35. The van der Waals surface area contributed by atoms with Crippen molar-refractivity contribution in [3.8, 4) is 0 Å². The Kier molecular flexibility index (Phi) is 4.76. The van der Waals surface area contributed by atoms with Crippen LogP contribution in [0.5, 0.6) is 0 Å². The number of hydrogen-bond acceptors (Lipinski definition) is 4. The number of hydrogen-bond donors (Lipinski definition) is 3. The molecule has 0 spiro atoms. The van der Waals surface area contributed by atoms with Crippen molar-refractivity contribution in [2.24, 2.45) is 0 Å². The SMILES string of the molecule is Cc1ccc(NC(=O)NC(=O)/C=C/C(=O)O)c(C)n1. The number of aromatic nitrogens is 1. The van der Waals surface area contributed by atoms with Crippen molar-refractivity contribution in [3.63, 3.8) is 0 Å². The third kappa shape index (κ3) is 4.99. The maximum Gasteiger partial charge on any atom is 0.328 e. The molecule has 1 heterocycles. The first-order valence-corrected chi connectivity index (χ1v) is 5.35. The van der Waals surface area contributed by atoms with Gasteiger partial charge in [0, 0.05) is 17.8 Å². The fraction of sp³-hybridized carbons (Fsp3) is 0.167. The van der Waals surface area contributed by atoms with E-state index in [4.69, 9.17) is 5.11 Å². The van der Waals surface area contributed by atoms with Crippen LogP contribution in [0.1, 0.15) is 11.4 Å². The van der Waals surface area contributed by atoms with Crippen LogP contribution in [0.3, 0.4) is 0 Å². The smallest absolute Gasteiger partial charge is 0.328 e. The second-order valence-electron chi connectivity index (χ2n) is 3.70. The van der Waals surface area contributed by atoms with Crippen molar-refractivity contribution in [1.29, 1.82) is 0 Å². The molecule has 0 fully saturated rings. The van der Waals surface area contributed by atoms with Crippen molar-refractivity contribution in [3.05, 3.63) is 35.7 Å². The van der Waals surface area contributed by atoms with Crippen LogP contribution in [0, 0.1) is 13.8 Å². The minimum absolute atomic E-state index is 0.470. The van der Waals surface area contributed by atoms with Gasteiger partial charge in [0.2, 0.25) is 0 Å². The van der Waals surface area contributed by atoms with Gasteiger partial charge in [-0.15, -0.1) is 0 Å². The van der Waals surface area contributed by atoms with Gasteiger partial charge in [-0.1, -0.05) is 0 Å². The Labute approximate surface area is 109 Å². The number of anilines is 1. The van der Waals surface area contributed by atoms with Crippen molar-refractivity contribution >= 4 is 23.6 Å². The highest BCUT2D eigenvalue weighted by atomic mass is 16.4. The summed E-state index contributed by atoms with van der Waals surface area (Å²) >= 11 is 0. The predicted molar refractivity (Wildman–Crippen MR) is 67.6 cm³/mol. The van der Waals surface area contributed by atoms with Gasteiger partial charge in [-0.2, -0.15) is 0 Å². The average molecular weight is 263 g/mol. The summed E-state index contributed by atoms with van der Waals surface area (Å²) in [6.45, 7) is 3.53. The van der Waals surface area contributed by atoms with Gasteiger partial charge >= 0.3 is 12.0 Å². The second kappa shape index (κ2) is 6.29. The molecule has 7 heteroatoms. The first kappa shape index (κ1) is 14.4. The average Bonchev–Trinajstić information content (AvgIpc) is 2.30. The maximum atomic E-state index is 11.5. The van der Waals surface area contributed by atoms with Crippen LogP contribution < -0.4 is 10.6 Å². The van der Waals surface area contributed by atoms with E-state index in [2.05, 4.69) is 10.3 Å². The Morgan fingerprint density at radius 1 is 1.21 bits per heavy atom. The van der Waals surface area contributed by atoms with E-state index in [9.17, 15) is 14.4 Å². The van der Waals surface area contributed by atoms with Crippen LogP contribution in [0.25, 0.3) is 0 Å². The molecule has 0 saturated heterocycles. The summed E-state index contributed by atoms with van der Waals surface area (Å²) in [5.41, 5.74) is 1.89. The standard InChI is InChI=1S/C12H13N3O4/c1-7-3-4-9(8(2)13-7)14-12(19)15-10(16)5-6-11(17)18/h3-6H,1-2H3,(H,17,18)(H2,14,15,16,19)/b6-5+. The van der Waals surface area contributed by atoms with E-state index in [1.165, 1.54) is 0 Å². The lowest BCUT2D eigenvalue weighted by molar-refractivity contribution is -0.131. The summed E-state index contributed by atoms with van der Waals surface area (Å²) in [7, 11) is 0. The molecule has 1 rings (SSSR count). The van der Waals surface area contributed by atoms with Crippen LogP contribution >= 0.6 is 0 Å². The summed E-state index contributed by atoms with van der Waals surface area (Å²) in [4.78, 5) is 36.9. The number of rotatable bonds is 3. The summed E-state index contributed by atoms with van der Waals surface area (Å²) in [5, 5.41) is 12.7. The Morgan fingerprint density at radius 3 is 2.47 bits per heavy atom. The van der Waals surface area contributed by atoms with Crippen molar-refractivity contribution in [2.75, 3.05) is 5.32 Å². The summed E-state index contributed by atoms with van der Waals surface area (Å²) in [6, 6.07) is 2.62. The molecule has 0 aliphatic carbocycles. The molecular formula is C12H13N3O4. The largest absolute Gasteiger partial charge is 0.478 e. The second-order valence-corrected chi connectivity index (χ2v) is 3.70. The molecule has 0 aliphatic heterocycles. The number of aryl methyl sites for hydroxylation is 2. The third-order valence-electron chi connectivity index (χ3n) is 2.09. The third-order valence-corrected chi connectivity index (χ3v) is 2.09. The zero-order valence-corrected chi connectivity index (χ0v) is 10.4. The fourth-order valence-corrected chi connectivity index (χ4v) is 1.27. The molecule has 100 valence electrons. The van der Waals surface area contributed by atoms with E-state index in [1.807, 2.05) is 12.2 Å². The molecule has 0 unspecified atom stereocenters. The monoisotopic (exact) mass is 263 g/mol. The van der Waals surface area contributed by atoms with E-state index >= 15 is 0 Å². The van der Waals surface area contributed by atoms with E-state index in [0.717, 1.165) is 11.8 Å². The number of imide groups is 1. The Hall–Kier alpha value is -2.70. The summed E-state index contributed by atoms with van der Waals surface area (Å²) in [6.07, 6.45) is 1.39. The molecule has 0 atom stereocenters. The number of urea groups is 1. The van der Waals surface area contributed by atoms with Gasteiger partial charge < -0.3 is 10.4 Å². The molecular weight excluding hydrogens is 250 g/mol. The normalized spacial score (nSPS) is 10.2. The van der Waals surface area contributed by atoms with Crippen molar-refractivity contribution < 1.29 is 19.5 Å². The Balaban J connectivity index is 2.60. The minimum atomic E-state index is -1.27. The van der Waals surface area contributed by atoms with Gasteiger partial charge in [0.15, 0.2) is 0 Å². The van der Waals surface area contributed by atoms with Gasteiger partial charge in [-0.25, -0.2) is 9.59 Å². The Morgan fingerprint density at radius 2 is 1.89 bits per heavy atom. The van der Waals surface area contributed by atoms with Crippen molar-refractivity contribution in [2.45, 2.75) is 13.8 Å². The van der Waals surface area contributed by atoms with E-state index in [-0.39, 0.29) is 0 Å². The Bertz CT molecular complexity index is 552. The topological polar surface area (TPSA) is 108 Å². The molecule has 3 N–H and O–H groups in total. The highest BCUT2D eigenvalue weighted by Gasteiger charge is 2.07. The van der Waals surface area contributed by atoms with Gasteiger partial charge in [0.1, 0.15) is 0 Å². The fourth-order valence-electron chi connectivity index (χ4n) is 1.27. The number of nitrogens with one attached hydrogen (secondary N) is 2. The number of aliphatic carboxylic acids is 1. The molecule has 0 radical (unpaired) electrons. The number of carbonyl (C=O) groups is 3. The van der Waals surface area contributed by atoms with Crippen LogP contribution in [-0.2, 0) is 9.59 Å². The zero-order valence-electron chi connectivity index (χ0n) is 10.4. The number of carboxylic acid groups (broad SMARTS) is 1.